The van der Waals surface area contributed by atoms with Gasteiger partial charge in [-0.1, -0.05) is 18.2 Å². The van der Waals surface area contributed by atoms with E-state index in [2.05, 4.69) is 5.10 Å². The van der Waals surface area contributed by atoms with Crippen molar-refractivity contribution in [3.05, 3.63) is 64.5 Å². The summed E-state index contributed by atoms with van der Waals surface area (Å²) in [6, 6.07) is 8.96. The Labute approximate surface area is 154 Å². The topological polar surface area (TPSA) is 85.9 Å². The fourth-order valence-corrected chi connectivity index (χ4v) is 4.56. The zero-order chi connectivity index (χ0) is 19.0. The van der Waals surface area contributed by atoms with Crippen molar-refractivity contribution >= 4 is 15.7 Å². The largest absolute Gasteiger partial charge is 0.379 e. The molecule has 1 aliphatic rings. The number of sulfonamides is 1. The predicted octanol–water partition coefficient (Wildman–Crippen LogP) is 0.704. The smallest absolute Gasteiger partial charge is 0.350 e. The molecule has 1 saturated heterocycles. The minimum Gasteiger partial charge on any atom is -0.379 e. The number of ether oxygens (including phenoxy) is 1. The molecule has 3 aromatic rings. The maximum absolute atomic E-state index is 13.9. The molecule has 0 aliphatic carbocycles. The lowest BCUT2D eigenvalue weighted by Crippen LogP contribution is -2.40. The van der Waals surface area contributed by atoms with Crippen LogP contribution in [0, 0.1) is 5.82 Å². The van der Waals surface area contributed by atoms with Gasteiger partial charge in [0.25, 0.3) is 0 Å². The normalized spacial score (nSPS) is 16.0. The molecule has 0 saturated carbocycles. The van der Waals surface area contributed by atoms with E-state index in [4.69, 9.17) is 4.74 Å². The summed E-state index contributed by atoms with van der Waals surface area (Å²) in [7, 11) is -3.83. The molecule has 8 nitrogen and oxygen atoms in total. The van der Waals surface area contributed by atoms with Gasteiger partial charge in [-0.15, -0.1) is 5.10 Å². The van der Waals surface area contributed by atoms with Crippen LogP contribution in [0.3, 0.4) is 0 Å². The molecule has 0 bridgehead atoms. The van der Waals surface area contributed by atoms with Crippen molar-refractivity contribution in [3.8, 4) is 0 Å². The molecule has 142 valence electrons. The van der Waals surface area contributed by atoms with E-state index in [1.807, 2.05) is 0 Å². The van der Waals surface area contributed by atoms with Crippen molar-refractivity contribution in [1.82, 2.24) is 18.5 Å². The van der Waals surface area contributed by atoms with Gasteiger partial charge in [-0.3, -0.25) is 0 Å². The molecule has 1 aliphatic heterocycles. The summed E-state index contributed by atoms with van der Waals surface area (Å²) in [5.41, 5.74) is -0.224. The molecule has 0 radical (unpaired) electrons. The number of morpholine rings is 1. The Morgan fingerprint density at radius 2 is 1.85 bits per heavy atom. The molecule has 1 fully saturated rings. The molecule has 2 aromatic heterocycles. The summed E-state index contributed by atoms with van der Waals surface area (Å²) in [5.74, 6) is -0.456. The zero-order valence-corrected chi connectivity index (χ0v) is 15.1. The number of nitrogens with zero attached hydrogens (tertiary/aromatic N) is 4. The van der Waals surface area contributed by atoms with Crippen LogP contribution in [-0.4, -0.2) is 53.2 Å². The van der Waals surface area contributed by atoms with Crippen LogP contribution in [0.2, 0.25) is 0 Å². The van der Waals surface area contributed by atoms with E-state index in [0.29, 0.717) is 18.8 Å². The van der Waals surface area contributed by atoms with Gasteiger partial charge in [0, 0.05) is 24.8 Å². The van der Waals surface area contributed by atoms with Gasteiger partial charge in [-0.2, -0.15) is 4.31 Å². The molecule has 3 heterocycles. The van der Waals surface area contributed by atoms with E-state index in [1.54, 1.807) is 18.2 Å². The second-order valence-corrected chi connectivity index (χ2v) is 8.02. The van der Waals surface area contributed by atoms with Crippen LogP contribution in [0.15, 0.2) is 52.3 Å². The average molecular weight is 392 g/mol. The summed E-state index contributed by atoms with van der Waals surface area (Å²) < 4.78 is 48.6. The Balaban J connectivity index is 1.80. The van der Waals surface area contributed by atoms with Gasteiger partial charge in [-0.05, 0) is 18.2 Å². The summed E-state index contributed by atoms with van der Waals surface area (Å²) in [6.07, 6.45) is 1.45. The van der Waals surface area contributed by atoms with Crippen molar-refractivity contribution in [2.45, 2.75) is 11.4 Å². The Morgan fingerprint density at radius 1 is 1.11 bits per heavy atom. The lowest BCUT2D eigenvalue weighted by molar-refractivity contribution is 0.0730. The summed E-state index contributed by atoms with van der Waals surface area (Å²) in [6.45, 7) is 1.02. The van der Waals surface area contributed by atoms with Crippen molar-refractivity contribution in [1.29, 1.82) is 0 Å². The molecule has 0 atom stereocenters. The second-order valence-electron chi connectivity index (χ2n) is 6.11. The fourth-order valence-electron chi connectivity index (χ4n) is 3.03. The standard InChI is InChI=1S/C17H17FN4O4S/c18-14-5-2-1-4-13(14)12-22-17(23)21-7-3-6-15(16(21)19-22)27(24,25)20-8-10-26-11-9-20/h1-7H,8-12H2. The molecule has 4 rings (SSSR count). The molecule has 0 spiro atoms. The summed E-state index contributed by atoms with van der Waals surface area (Å²) in [5, 5.41) is 4.17. The third-order valence-corrected chi connectivity index (χ3v) is 6.36. The van der Waals surface area contributed by atoms with Crippen LogP contribution in [0.5, 0.6) is 0 Å². The number of fused-ring (bicyclic) bond motifs is 1. The molecule has 10 heteroatoms. The number of hydrogen-bond donors (Lipinski definition) is 0. The highest BCUT2D eigenvalue weighted by Crippen LogP contribution is 2.20. The first-order valence-corrected chi connectivity index (χ1v) is 9.82. The van der Waals surface area contributed by atoms with Crippen LogP contribution in [0.25, 0.3) is 5.65 Å². The van der Waals surface area contributed by atoms with E-state index >= 15 is 0 Å². The highest BCUT2D eigenvalue weighted by Gasteiger charge is 2.29. The quantitative estimate of drug-likeness (QED) is 0.653. The Kier molecular flexibility index (Phi) is 4.54. The molecule has 27 heavy (non-hydrogen) atoms. The second kappa shape index (κ2) is 6.87. The molecule has 0 N–H and O–H groups in total. The van der Waals surface area contributed by atoms with E-state index < -0.39 is 21.5 Å². The Hall–Kier alpha value is -2.56. The minimum atomic E-state index is -3.83. The number of aromatic nitrogens is 3. The third kappa shape index (κ3) is 3.15. The maximum atomic E-state index is 13.9. The van der Waals surface area contributed by atoms with Crippen molar-refractivity contribution < 1.29 is 17.5 Å². The summed E-state index contributed by atoms with van der Waals surface area (Å²) in [4.78, 5) is 12.6. The number of rotatable bonds is 4. The van der Waals surface area contributed by atoms with E-state index in [-0.39, 0.29) is 30.2 Å². The molecule has 1 aromatic carbocycles. The van der Waals surface area contributed by atoms with Crippen LogP contribution in [-0.2, 0) is 21.3 Å². The van der Waals surface area contributed by atoms with Crippen LogP contribution in [0.4, 0.5) is 4.39 Å². The molecular weight excluding hydrogens is 375 g/mol. The van der Waals surface area contributed by atoms with Crippen LogP contribution in [0.1, 0.15) is 5.56 Å². The third-order valence-electron chi connectivity index (χ3n) is 4.44. The highest BCUT2D eigenvalue weighted by molar-refractivity contribution is 7.89. The van der Waals surface area contributed by atoms with Crippen LogP contribution >= 0.6 is 0 Å². The minimum absolute atomic E-state index is 0.0188. The maximum Gasteiger partial charge on any atom is 0.350 e. The van der Waals surface area contributed by atoms with Crippen molar-refractivity contribution in [2.75, 3.05) is 26.3 Å². The SMILES string of the molecule is O=c1n(Cc2ccccc2F)nc2c(S(=O)(=O)N3CCOCC3)cccn12. The molecule has 0 unspecified atom stereocenters. The Bertz CT molecular complexity index is 1150. The van der Waals surface area contributed by atoms with E-state index in [1.165, 1.54) is 28.7 Å². The van der Waals surface area contributed by atoms with Crippen LogP contribution < -0.4 is 5.69 Å². The molecule has 0 amide bonds. The number of hydrogen-bond acceptors (Lipinski definition) is 5. The first-order valence-electron chi connectivity index (χ1n) is 8.38. The molecular formula is C17H17FN4O4S. The summed E-state index contributed by atoms with van der Waals surface area (Å²) >= 11 is 0. The van der Waals surface area contributed by atoms with Gasteiger partial charge >= 0.3 is 5.69 Å². The number of pyridine rings is 1. The van der Waals surface area contributed by atoms with Crippen molar-refractivity contribution in [2.24, 2.45) is 0 Å². The van der Waals surface area contributed by atoms with Crippen molar-refractivity contribution in [3.63, 3.8) is 0 Å². The van der Waals surface area contributed by atoms with Gasteiger partial charge in [-0.25, -0.2) is 26.7 Å². The van der Waals surface area contributed by atoms with Gasteiger partial charge in [0.05, 0.1) is 19.8 Å². The average Bonchev–Trinajstić information content (AvgIpc) is 3.00. The number of benzene rings is 1. The first kappa shape index (κ1) is 17.8. The van der Waals surface area contributed by atoms with Gasteiger partial charge in [0.15, 0.2) is 5.65 Å². The van der Waals surface area contributed by atoms with E-state index in [0.717, 1.165) is 9.08 Å². The fraction of sp³-hybridized carbons (Fsp3) is 0.294. The monoisotopic (exact) mass is 392 g/mol. The van der Waals surface area contributed by atoms with Gasteiger partial charge in [0.1, 0.15) is 10.7 Å². The number of halogens is 1. The predicted molar refractivity (Wildman–Crippen MR) is 94.5 cm³/mol. The highest BCUT2D eigenvalue weighted by atomic mass is 32.2. The van der Waals surface area contributed by atoms with E-state index in [9.17, 15) is 17.6 Å². The van der Waals surface area contributed by atoms with Gasteiger partial charge in [0.2, 0.25) is 10.0 Å². The first-order chi connectivity index (χ1) is 13.0. The zero-order valence-electron chi connectivity index (χ0n) is 14.3. The van der Waals surface area contributed by atoms with Gasteiger partial charge < -0.3 is 4.74 Å². The lowest BCUT2D eigenvalue weighted by atomic mass is 10.2. The Morgan fingerprint density at radius 3 is 2.59 bits per heavy atom. The lowest BCUT2D eigenvalue weighted by Gasteiger charge is -2.25.